The monoisotopic (exact) mass is 444 g/mol. The van der Waals surface area contributed by atoms with E-state index in [4.69, 9.17) is 4.74 Å². The highest BCUT2D eigenvalue weighted by molar-refractivity contribution is 6.01. The molecule has 0 aliphatic carbocycles. The molecule has 0 spiro atoms. The van der Waals surface area contributed by atoms with E-state index in [9.17, 15) is 19.2 Å². The van der Waals surface area contributed by atoms with E-state index in [0.29, 0.717) is 17.9 Å². The summed E-state index contributed by atoms with van der Waals surface area (Å²) in [6.07, 6.45) is 1.33. The maximum Gasteiger partial charge on any atom is 0.343 e. The normalized spacial score (nSPS) is 10.5. The Bertz CT molecular complexity index is 970. The van der Waals surface area contributed by atoms with Gasteiger partial charge in [0.05, 0.1) is 25.9 Å². The van der Waals surface area contributed by atoms with Crippen LogP contribution in [0.2, 0.25) is 0 Å². The van der Waals surface area contributed by atoms with Crippen LogP contribution in [-0.4, -0.2) is 64.6 Å². The zero-order valence-corrected chi connectivity index (χ0v) is 18.6. The number of esters is 1. The van der Waals surface area contributed by atoms with Crippen LogP contribution in [0.1, 0.15) is 31.1 Å². The van der Waals surface area contributed by atoms with Crippen LogP contribution >= 0.6 is 0 Å². The molecule has 0 unspecified atom stereocenters. The van der Waals surface area contributed by atoms with Crippen molar-refractivity contribution in [3.05, 3.63) is 36.0 Å². The predicted molar refractivity (Wildman–Crippen MR) is 119 cm³/mol. The fraction of sp³-hybridized carbons (Fsp3) is 0.381. The lowest BCUT2D eigenvalue weighted by molar-refractivity contribution is -0.120. The summed E-state index contributed by atoms with van der Waals surface area (Å²) in [5.74, 6) is -1.22. The van der Waals surface area contributed by atoms with E-state index in [-0.39, 0.29) is 42.9 Å². The molecule has 1 aromatic carbocycles. The molecule has 3 amide bonds. The largest absolute Gasteiger partial charge is 0.462 e. The molecule has 0 aliphatic heterocycles. The van der Waals surface area contributed by atoms with Crippen LogP contribution in [0.3, 0.4) is 0 Å². The Hall–Kier alpha value is -3.73. The average Bonchev–Trinajstić information content (AvgIpc) is 3.09. The summed E-state index contributed by atoms with van der Waals surface area (Å²) in [5, 5.41) is 12.1. The highest BCUT2D eigenvalue weighted by Gasteiger charge is 2.20. The number of ether oxygens (including phenoxy) is 1. The molecule has 1 aromatic heterocycles. The molecule has 32 heavy (non-hydrogen) atoms. The van der Waals surface area contributed by atoms with E-state index in [1.54, 1.807) is 43.1 Å². The van der Waals surface area contributed by atoms with Crippen LogP contribution < -0.4 is 16.0 Å². The number of amides is 3. The van der Waals surface area contributed by atoms with Crippen LogP contribution in [0.5, 0.6) is 0 Å². The lowest BCUT2D eigenvalue weighted by Crippen LogP contribution is -2.39. The van der Waals surface area contributed by atoms with Crippen molar-refractivity contribution in [1.82, 2.24) is 14.7 Å². The Morgan fingerprint density at radius 1 is 0.969 bits per heavy atom. The van der Waals surface area contributed by atoms with Gasteiger partial charge in [-0.1, -0.05) is 6.92 Å². The van der Waals surface area contributed by atoms with Gasteiger partial charge in [0.15, 0.2) is 0 Å². The van der Waals surface area contributed by atoms with Gasteiger partial charge in [0.25, 0.3) is 0 Å². The maximum absolute atomic E-state index is 12.5. The van der Waals surface area contributed by atoms with E-state index in [0.717, 1.165) is 0 Å². The maximum atomic E-state index is 12.5. The van der Waals surface area contributed by atoms with Gasteiger partial charge in [0, 0.05) is 25.3 Å². The topological polar surface area (TPSA) is 135 Å². The Morgan fingerprint density at radius 3 is 2.06 bits per heavy atom. The molecular weight excluding hydrogens is 416 g/mol. The van der Waals surface area contributed by atoms with Crippen molar-refractivity contribution < 1.29 is 23.9 Å². The molecule has 1 heterocycles. The van der Waals surface area contributed by atoms with Gasteiger partial charge in [-0.2, -0.15) is 5.10 Å². The number of rotatable bonds is 10. The van der Waals surface area contributed by atoms with Gasteiger partial charge < -0.3 is 20.7 Å². The minimum atomic E-state index is -0.577. The number of benzene rings is 1. The smallest absolute Gasteiger partial charge is 0.343 e. The van der Waals surface area contributed by atoms with E-state index >= 15 is 0 Å². The summed E-state index contributed by atoms with van der Waals surface area (Å²) in [6, 6.07) is 6.70. The second-order valence-electron chi connectivity index (χ2n) is 6.91. The van der Waals surface area contributed by atoms with Gasteiger partial charge in [0.1, 0.15) is 11.4 Å². The molecule has 172 valence electrons. The number of aromatic nitrogens is 2. The molecule has 11 heteroatoms. The molecule has 0 saturated heterocycles. The minimum Gasteiger partial charge on any atom is -0.462 e. The number of nitrogens with zero attached hydrogens (tertiary/aromatic N) is 3. The fourth-order valence-corrected chi connectivity index (χ4v) is 2.84. The Kier molecular flexibility index (Phi) is 8.90. The Balaban J connectivity index is 1.92. The van der Waals surface area contributed by atoms with E-state index in [2.05, 4.69) is 21.0 Å². The molecule has 0 saturated carbocycles. The molecule has 11 nitrogen and oxygen atoms in total. The van der Waals surface area contributed by atoms with Crippen LogP contribution in [0.25, 0.3) is 0 Å². The molecule has 2 rings (SSSR count). The van der Waals surface area contributed by atoms with Crippen LogP contribution in [0.15, 0.2) is 30.5 Å². The first kappa shape index (κ1) is 24.5. The van der Waals surface area contributed by atoms with Gasteiger partial charge in [-0.25, -0.2) is 4.79 Å². The number of carbonyl (C=O) groups excluding carboxylic acids is 4. The quantitative estimate of drug-likeness (QED) is 0.472. The highest BCUT2D eigenvalue weighted by atomic mass is 16.5. The van der Waals surface area contributed by atoms with E-state index < -0.39 is 11.9 Å². The molecule has 0 aliphatic rings. The van der Waals surface area contributed by atoms with Gasteiger partial charge >= 0.3 is 5.97 Å². The third-order valence-corrected chi connectivity index (χ3v) is 4.36. The summed E-state index contributed by atoms with van der Waals surface area (Å²) in [6.45, 7) is 5.53. The number of anilines is 3. The van der Waals surface area contributed by atoms with Gasteiger partial charge in [-0.3, -0.25) is 24.0 Å². The first-order chi connectivity index (χ1) is 15.2. The SMILES string of the molecule is CCOC(=O)c1cnn(C)c1NC(=O)CN(CC)CC(=O)Nc1ccc(NC(C)=O)cc1. The van der Waals surface area contributed by atoms with E-state index in [1.807, 2.05) is 6.92 Å². The predicted octanol–water partition coefficient (Wildman–Crippen LogP) is 1.45. The minimum absolute atomic E-state index is 0.00646. The van der Waals surface area contributed by atoms with Crippen molar-refractivity contribution in [3.8, 4) is 0 Å². The van der Waals surface area contributed by atoms with Crippen molar-refractivity contribution in [2.45, 2.75) is 20.8 Å². The molecule has 0 fully saturated rings. The Labute approximate surface area is 186 Å². The summed E-state index contributed by atoms with van der Waals surface area (Å²) < 4.78 is 6.35. The lowest BCUT2D eigenvalue weighted by Gasteiger charge is -2.19. The number of carbonyl (C=O) groups is 4. The molecule has 0 radical (unpaired) electrons. The molecule has 2 aromatic rings. The molecular formula is C21H28N6O5. The number of aryl methyl sites for hydroxylation is 1. The van der Waals surface area contributed by atoms with Gasteiger partial charge in [0.2, 0.25) is 17.7 Å². The summed E-state index contributed by atoms with van der Waals surface area (Å²) in [5.41, 5.74) is 1.35. The molecule has 0 atom stereocenters. The lowest BCUT2D eigenvalue weighted by atomic mass is 10.2. The number of hydrogen-bond acceptors (Lipinski definition) is 7. The summed E-state index contributed by atoms with van der Waals surface area (Å²) in [7, 11) is 1.60. The van der Waals surface area contributed by atoms with E-state index in [1.165, 1.54) is 17.8 Å². The molecule has 0 bridgehead atoms. The number of hydrogen-bond donors (Lipinski definition) is 3. The first-order valence-electron chi connectivity index (χ1n) is 10.1. The van der Waals surface area contributed by atoms with Gasteiger partial charge in [-0.15, -0.1) is 0 Å². The second-order valence-corrected chi connectivity index (χ2v) is 6.91. The van der Waals surface area contributed by atoms with Crippen molar-refractivity contribution >= 4 is 40.9 Å². The van der Waals surface area contributed by atoms with Crippen LogP contribution in [0, 0.1) is 0 Å². The number of nitrogens with one attached hydrogen (secondary N) is 3. The van der Waals surface area contributed by atoms with Crippen LogP contribution in [0.4, 0.5) is 17.2 Å². The zero-order valence-electron chi connectivity index (χ0n) is 18.6. The van der Waals surface area contributed by atoms with Crippen LogP contribution in [-0.2, 0) is 26.2 Å². The first-order valence-corrected chi connectivity index (χ1v) is 10.1. The number of likely N-dealkylation sites (N-methyl/N-ethyl adjacent to an activating group) is 1. The highest BCUT2D eigenvalue weighted by Crippen LogP contribution is 2.16. The van der Waals surface area contributed by atoms with Crippen molar-refractivity contribution in [2.24, 2.45) is 7.05 Å². The zero-order chi connectivity index (χ0) is 23.7. The standard InChI is InChI=1S/C21H28N6O5/c1-5-27(12-18(29)24-16-9-7-15(8-10-16)23-14(3)28)13-19(30)25-20-17(11-22-26(20)4)21(31)32-6-2/h7-11H,5-6,12-13H2,1-4H3,(H,23,28)(H,24,29)(H,25,30). The average molecular weight is 444 g/mol. The van der Waals surface area contributed by atoms with Crippen molar-refractivity contribution in [1.29, 1.82) is 0 Å². The third-order valence-electron chi connectivity index (χ3n) is 4.36. The summed E-state index contributed by atoms with van der Waals surface area (Å²) >= 11 is 0. The molecule has 3 N–H and O–H groups in total. The van der Waals surface area contributed by atoms with Crippen molar-refractivity contribution in [3.63, 3.8) is 0 Å². The Morgan fingerprint density at radius 2 is 1.53 bits per heavy atom. The summed E-state index contributed by atoms with van der Waals surface area (Å²) in [4.78, 5) is 49.6. The second kappa shape index (κ2) is 11.6. The van der Waals surface area contributed by atoms with Crippen molar-refractivity contribution in [2.75, 3.05) is 42.2 Å². The third kappa shape index (κ3) is 7.20. The van der Waals surface area contributed by atoms with Gasteiger partial charge in [-0.05, 0) is 37.7 Å². The fourth-order valence-electron chi connectivity index (χ4n) is 2.84.